The smallest absolute Gasteiger partial charge is 0.323 e. The maximum atomic E-state index is 11.7. The third-order valence-corrected chi connectivity index (χ3v) is 2.67. The largest absolute Gasteiger partial charge is 0.465 e. The number of nitrogens with zero attached hydrogens (tertiary/aromatic N) is 3. The minimum absolute atomic E-state index is 0.151. The normalized spacial score (nSPS) is 12.8. The Labute approximate surface area is 102 Å². The molecule has 1 atom stereocenters. The Kier molecular flexibility index (Phi) is 5.15. The molecule has 1 aromatic rings. The van der Waals surface area contributed by atoms with Gasteiger partial charge >= 0.3 is 5.97 Å². The zero-order valence-electron chi connectivity index (χ0n) is 11.0. The zero-order chi connectivity index (χ0) is 12.8. The summed E-state index contributed by atoms with van der Waals surface area (Å²) in [5, 5.41) is 4.11. The average Bonchev–Trinajstić information content (AvgIpc) is 2.65. The molecule has 17 heavy (non-hydrogen) atoms. The third kappa shape index (κ3) is 3.85. The van der Waals surface area contributed by atoms with Crippen LogP contribution in [-0.2, 0) is 23.1 Å². The number of ether oxygens (including phenoxy) is 1. The van der Waals surface area contributed by atoms with E-state index in [-0.39, 0.29) is 12.0 Å². The molecule has 0 saturated heterocycles. The molecular weight excluding hydrogens is 218 g/mol. The van der Waals surface area contributed by atoms with Gasteiger partial charge in [0.2, 0.25) is 0 Å². The van der Waals surface area contributed by atoms with Crippen LogP contribution < -0.4 is 0 Å². The second-order valence-electron chi connectivity index (χ2n) is 4.11. The van der Waals surface area contributed by atoms with Crippen molar-refractivity contribution in [3.05, 3.63) is 18.0 Å². The summed E-state index contributed by atoms with van der Waals surface area (Å²) >= 11 is 0. The first-order valence-corrected chi connectivity index (χ1v) is 5.92. The highest BCUT2D eigenvalue weighted by Gasteiger charge is 2.22. The topological polar surface area (TPSA) is 47.4 Å². The van der Waals surface area contributed by atoms with E-state index in [4.69, 9.17) is 4.74 Å². The van der Waals surface area contributed by atoms with Gasteiger partial charge in [0.25, 0.3) is 0 Å². The molecule has 5 heteroatoms. The summed E-state index contributed by atoms with van der Waals surface area (Å²) in [6, 6.07) is -0.185. The van der Waals surface area contributed by atoms with E-state index in [0.717, 1.165) is 12.0 Å². The number of esters is 1. The predicted octanol–water partition coefficient (Wildman–Crippen LogP) is 1.19. The Morgan fingerprint density at radius 1 is 1.59 bits per heavy atom. The van der Waals surface area contributed by atoms with Gasteiger partial charge in [0.1, 0.15) is 6.04 Å². The number of aromatic nitrogens is 2. The lowest BCUT2D eigenvalue weighted by atomic mass is 10.2. The van der Waals surface area contributed by atoms with Crippen molar-refractivity contribution in [3.63, 3.8) is 0 Å². The highest BCUT2D eigenvalue weighted by molar-refractivity contribution is 5.75. The van der Waals surface area contributed by atoms with Gasteiger partial charge in [0.15, 0.2) is 0 Å². The lowest BCUT2D eigenvalue weighted by Crippen LogP contribution is -2.38. The van der Waals surface area contributed by atoms with Crippen molar-refractivity contribution >= 4 is 5.97 Å². The third-order valence-electron chi connectivity index (χ3n) is 2.67. The SMILES string of the molecule is CCOC(=O)C(CC)N(C)Cc1cnn(C)c1. The van der Waals surface area contributed by atoms with Crippen LogP contribution in [0.2, 0.25) is 0 Å². The first-order valence-electron chi connectivity index (χ1n) is 5.92. The van der Waals surface area contributed by atoms with Crippen LogP contribution in [0.4, 0.5) is 0 Å². The van der Waals surface area contributed by atoms with E-state index in [1.165, 1.54) is 0 Å². The summed E-state index contributed by atoms with van der Waals surface area (Å²) in [6.45, 7) is 4.94. The molecule has 0 aliphatic carbocycles. The molecule has 1 rings (SSSR count). The second kappa shape index (κ2) is 6.39. The molecule has 5 nitrogen and oxygen atoms in total. The van der Waals surface area contributed by atoms with Crippen LogP contribution in [0.15, 0.2) is 12.4 Å². The Morgan fingerprint density at radius 2 is 2.29 bits per heavy atom. The molecule has 0 saturated carbocycles. The van der Waals surface area contributed by atoms with Gasteiger partial charge in [0, 0.05) is 25.4 Å². The average molecular weight is 239 g/mol. The molecule has 0 fully saturated rings. The van der Waals surface area contributed by atoms with Crippen molar-refractivity contribution in [1.82, 2.24) is 14.7 Å². The van der Waals surface area contributed by atoms with Gasteiger partial charge < -0.3 is 4.74 Å². The molecule has 0 radical (unpaired) electrons. The maximum Gasteiger partial charge on any atom is 0.323 e. The van der Waals surface area contributed by atoms with E-state index < -0.39 is 0 Å². The van der Waals surface area contributed by atoms with E-state index in [1.54, 1.807) is 4.68 Å². The number of hydrogen-bond acceptors (Lipinski definition) is 4. The highest BCUT2D eigenvalue weighted by atomic mass is 16.5. The van der Waals surface area contributed by atoms with Gasteiger partial charge in [-0.25, -0.2) is 0 Å². The summed E-state index contributed by atoms with van der Waals surface area (Å²) in [5.74, 6) is -0.151. The molecule has 1 aromatic heterocycles. The van der Waals surface area contributed by atoms with Gasteiger partial charge in [-0.15, -0.1) is 0 Å². The van der Waals surface area contributed by atoms with Crippen molar-refractivity contribution in [2.45, 2.75) is 32.9 Å². The Morgan fingerprint density at radius 3 is 2.76 bits per heavy atom. The number of carbonyl (C=O) groups is 1. The van der Waals surface area contributed by atoms with Crippen LogP contribution in [0.25, 0.3) is 0 Å². The van der Waals surface area contributed by atoms with E-state index in [2.05, 4.69) is 5.10 Å². The van der Waals surface area contributed by atoms with E-state index in [1.807, 2.05) is 45.2 Å². The molecule has 0 amide bonds. The summed E-state index contributed by atoms with van der Waals surface area (Å²) in [6.07, 6.45) is 4.51. The van der Waals surface area contributed by atoms with Crippen LogP contribution in [0, 0.1) is 0 Å². The minimum Gasteiger partial charge on any atom is -0.465 e. The highest BCUT2D eigenvalue weighted by Crippen LogP contribution is 2.09. The number of rotatable bonds is 6. The number of aryl methyl sites for hydroxylation is 1. The first-order chi connectivity index (χ1) is 8.08. The fourth-order valence-electron chi connectivity index (χ4n) is 1.85. The van der Waals surface area contributed by atoms with Gasteiger partial charge in [0.05, 0.1) is 12.8 Å². The van der Waals surface area contributed by atoms with E-state index in [9.17, 15) is 4.79 Å². The van der Waals surface area contributed by atoms with Crippen LogP contribution in [0.3, 0.4) is 0 Å². The van der Waals surface area contributed by atoms with Crippen LogP contribution in [0.1, 0.15) is 25.8 Å². The van der Waals surface area contributed by atoms with Gasteiger partial charge in [-0.3, -0.25) is 14.4 Å². The van der Waals surface area contributed by atoms with Crippen molar-refractivity contribution < 1.29 is 9.53 Å². The predicted molar refractivity (Wildman–Crippen MR) is 65.4 cm³/mol. The molecule has 96 valence electrons. The summed E-state index contributed by atoms with van der Waals surface area (Å²) in [5.41, 5.74) is 1.10. The molecule has 0 aromatic carbocycles. The van der Waals surface area contributed by atoms with Crippen molar-refractivity contribution in [3.8, 4) is 0 Å². The number of hydrogen-bond donors (Lipinski definition) is 0. The molecule has 1 unspecified atom stereocenters. The quantitative estimate of drug-likeness (QED) is 0.700. The monoisotopic (exact) mass is 239 g/mol. The maximum absolute atomic E-state index is 11.7. The summed E-state index contributed by atoms with van der Waals surface area (Å²) < 4.78 is 6.82. The Hall–Kier alpha value is -1.36. The molecule has 0 aliphatic heterocycles. The number of carbonyl (C=O) groups excluding carboxylic acids is 1. The van der Waals surface area contributed by atoms with Crippen molar-refractivity contribution in [1.29, 1.82) is 0 Å². The van der Waals surface area contributed by atoms with Gasteiger partial charge in [-0.2, -0.15) is 5.10 Å². The van der Waals surface area contributed by atoms with Crippen LogP contribution >= 0.6 is 0 Å². The lowest BCUT2D eigenvalue weighted by molar-refractivity contribution is -0.149. The fraction of sp³-hybridized carbons (Fsp3) is 0.667. The summed E-state index contributed by atoms with van der Waals surface area (Å²) in [7, 11) is 3.81. The van der Waals surface area contributed by atoms with Crippen molar-refractivity contribution in [2.24, 2.45) is 7.05 Å². The van der Waals surface area contributed by atoms with Crippen LogP contribution in [0.5, 0.6) is 0 Å². The lowest BCUT2D eigenvalue weighted by Gasteiger charge is -2.24. The van der Waals surface area contributed by atoms with E-state index >= 15 is 0 Å². The second-order valence-corrected chi connectivity index (χ2v) is 4.11. The molecule has 1 heterocycles. The molecule has 0 aliphatic rings. The molecule has 0 N–H and O–H groups in total. The zero-order valence-corrected chi connectivity index (χ0v) is 11.0. The standard InChI is InChI=1S/C12H21N3O2/c1-5-11(12(16)17-6-2)14(3)8-10-7-13-15(4)9-10/h7,9,11H,5-6,8H2,1-4H3. The molecule has 0 bridgehead atoms. The minimum atomic E-state index is -0.185. The van der Waals surface area contributed by atoms with E-state index in [0.29, 0.717) is 13.2 Å². The van der Waals surface area contributed by atoms with Gasteiger partial charge in [-0.05, 0) is 20.4 Å². The molecule has 0 spiro atoms. The van der Waals surface area contributed by atoms with Crippen molar-refractivity contribution in [2.75, 3.05) is 13.7 Å². The van der Waals surface area contributed by atoms with Gasteiger partial charge in [-0.1, -0.05) is 6.92 Å². The van der Waals surface area contributed by atoms with Crippen LogP contribution in [-0.4, -0.2) is 40.3 Å². The molecular formula is C12H21N3O2. The first kappa shape index (κ1) is 13.7. The number of likely N-dealkylation sites (N-methyl/N-ethyl adjacent to an activating group) is 1. The Balaban J connectivity index is 2.60. The summed E-state index contributed by atoms with van der Waals surface area (Å²) in [4.78, 5) is 13.7. The fourth-order valence-corrected chi connectivity index (χ4v) is 1.85. The Bertz CT molecular complexity index is 362.